The zero-order chi connectivity index (χ0) is 12.7. The Kier molecular flexibility index (Phi) is 5.63. The van der Waals surface area contributed by atoms with Gasteiger partial charge in [-0.05, 0) is 38.5 Å². The van der Waals surface area contributed by atoms with Crippen LogP contribution in [0.25, 0.3) is 0 Å². The third-order valence-corrected chi connectivity index (χ3v) is 2.88. The predicted octanol–water partition coefficient (Wildman–Crippen LogP) is 1.60. The molecule has 4 heteroatoms. The molecule has 0 spiro atoms. The molecule has 1 atom stereocenters. The van der Waals surface area contributed by atoms with Crippen molar-refractivity contribution in [1.82, 2.24) is 15.2 Å². The van der Waals surface area contributed by atoms with Crippen molar-refractivity contribution in [3.63, 3.8) is 0 Å². The van der Waals surface area contributed by atoms with Gasteiger partial charge >= 0.3 is 0 Å². The Labute approximate surface area is 103 Å². The molecule has 17 heavy (non-hydrogen) atoms. The third-order valence-electron chi connectivity index (χ3n) is 2.88. The molecule has 1 amide bonds. The number of carbonyl (C=O) groups is 1. The number of nitrogens with one attached hydrogen (secondary N) is 1. The van der Waals surface area contributed by atoms with Crippen LogP contribution < -0.4 is 5.32 Å². The minimum Gasteiger partial charge on any atom is -0.342 e. The van der Waals surface area contributed by atoms with Crippen molar-refractivity contribution in [2.75, 3.05) is 19.6 Å². The molecular formula is C13H21N3O. The molecule has 0 saturated carbocycles. The average molecular weight is 235 g/mol. The summed E-state index contributed by atoms with van der Waals surface area (Å²) in [6, 6.07) is 4.08. The van der Waals surface area contributed by atoms with E-state index in [2.05, 4.69) is 10.3 Å². The lowest BCUT2D eigenvalue weighted by molar-refractivity contribution is -0.129. The summed E-state index contributed by atoms with van der Waals surface area (Å²) in [5.74, 6) is 0.149. The fourth-order valence-electron chi connectivity index (χ4n) is 1.70. The molecule has 0 saturated heterocycles. The largest absolute Gasteiger partial charge is 0.342 e. The lowest BCUT2D eigenvalue weighted by Crippen LogP contribution is -2.38. The van der Waals surface area contributed by atoms with Crippen molar-refractivity contribution < 1.29 is 4.79 Å². The van der Waals surface area contributed by atoms with Gasteiger partial charge in [-0.1, -0.05) is 0 Å². The molecule has 1 unspecified atom stereocenters. The van der Waals surface area contributed by atoms with Crippen LogP contribution in [-0.2, 0) is 4.79 Å². The molecule has 94 valence electrons. The van der Waals surface area contributed by atoms with Crippen molar-refractivity contribution in [3.05, 3.63) is 30.1 Å². The van der Waals surface area contributed by atoms with Gasteiger partial charge in [0, 0.05) is 31.5 Å². The second kappa shape index (κ2) is 7.01. The van der Waals surface area contributed by atoms with E-state index in [1.807, 2.05) is 37.8 Å². The summed E-state index contributed by atoms with van der Waals surface area (Å²) in [4.78, 5) is 17.6. The SMILES string of the molecule is CCN(CC)C(=O)CNC(C)c1ccncc1. The Morgan fingerprint density at radius 2 is 1.94 bits per heavy atom. The van der Waals surface area contributed by atoms with E-state index in [9.17, 15) is 4.79 Å². The van der Waals surface area contributed by atoms with Crippen molar-refractivity contribution in [2.45, 2.75) is 26.8 Å². The monoisotopic (exact) mass is 235 g/mol. The quantitative estimate of drug-likeness (QED) is 0.814. The van der Waals surface area contributed by atoms with E-state index in [0.717, 1.165) is 18.7 Å². The van der Waals surface area contributed by atoms with Crippen LogP contribution in [0.3, 0.4) is 0 Å². The van der Waals surface area contributed by atoms with Crippen molar-refractivity contribution in [3.8, 4) is 0 Å². The first-order valence-electron chi connectivity index (χ1n) is 6.10. The van der Waals surface area contributed by atoms with E-state index in [0.29, 0.717) is 6.54 Å². The van der Waals surface area contributed by atoms with Crippen LogP contribution in [0.1, 0.15) is 32.4 Å². The summed E-state index contributed by atoms with van der Waals surface area (Å²) in [7, 11) is 0. The van der Waals surface area contributed by atoms with Gasteiger partial charge in [0.1, 0.15) is 0 Å². The van der Waals surface area contributed by atoms with Gasteiger partial charge in [-0.25, -0.2) is 0 Å². The highest BCUT2D eigenvalue weighted by Crippen LogP contribution is 2.09. The first-order valence-corrected chi connectivity index (χ1v) is 6.10. The highest BCUT2D eigenvalue weighted by Gasteiger charge is 2.11. The zero-order valence-corrected chi connectivity index (χ0v) is 10.8. The minimum absolute atomic E-state index is 0.149. The number of aromatic nitrogens is 1. The van der Waals surface area contributed by atoms with E-state index >= 15 is 0 Å². The fraction of sp³-hybridized carbons (Fsp3) is 0.538. The molecule has 1 heterocycles. The number of hydrogen-bond donors (Lipinski definition) is 1. The summed E-state index contributed by atoms with van der Waals surface area (Å²) in [6.07, 6.45) is 3.53. The van der Waals surface area contributed by atoms with E-state index in [-0.39, 0.29) is 11.9 Å². The van der Waals surface area contributed by atoms with E-state index in [1.54, 1.807) is 12.4 Å². The van der Waals surface area contributed by atoms with E-state index in [4.69, 9.17) is 0 Å². The second-order valence-corrected chi connectivity index (χ2v) is 3.95. The van der Waals surface area contributed by atoms with Crippen molar-refractivity contribution >= 4 is 5.91 Å². The van der Waals surface area contributed by atoms with Gasteiger partial charge in [-0.3, -0.25) is 9.78 Å². The molecule has 0 aromatic carbocycles. The predicted molar refractivity (Wildman–Crippen MR) is 68.6 cm³/mol. The van der Waals surface area contributed by atoms with E-state index in [1.165, 1.54) is 0 Å². The maximum Gasteiger partial charge on any atom is 0.236 e. The van der Waals surface area contributed by atoms with Gasteiger partial charge in [0.25, 0.3) is 0 Å². The number of carbonyl (C=O) groups excluding carboxylic acids is 1. The van der Waals surface area contributed by atoms with E-state index < -0.39 is 0 Å². The molecule has 0 radical (unpaired) electrons. The number of hydrogen-bond acceptors (Lipinski definition) is 3. The lowest BCUT2D eigenvalue weighted by Gasteiger charge is -2.20. The molecule has 1 aromatic rings. The van der Waals surface area contributed by atoms with Crippen LogP contribution in [0.15, 0.2) is 24.5 Å². The molecule has 1 aromatic heterocycles. The topological polar surface area (TPSA) is 45.2 Å². The smallest absolute Gasteiger partial charge is 0.236 e. The van der Waals surface area contributed by atoms with Crippen LogP contribution in [0.5, 0.6) is 0 Å². The van der Waals surface area contributed by atoms with Gasteiger partial charge < -0.3 is 10.2 Å². The first-order chi connectivity index (χ1) is 8.19. The van der Waals surface area contributed by atoms with Crippen molar-refractivity contribution in [2.24, 2.45) is 0 Å². The van der Waals surface area contributed by atoms with Gasteiger partial charge in [0.2, 0.25) is 5.91 Å². The standard InChI is InChI=1S/C13H21N3O/c1-4-16(5-2)13(17)10-15-11(3)12-6-8-14-9-7-12/h6-9,11,15H,4-5,10H2,1-3H3. The van der Waals surface area contributed by atoms with Crippen molar-refractivity contribution in [1.29, 1.82) is 0 Å². The fourth-order valence-corrected chi connectivity index (χ4v) is 1.70. The summed E-state index contributed by atoms with van der Waals surface area (Å²) in [5, 5.41) is 3.23. The average Bonchev–Trinajstić information content (AvgIpc) is 2.38. The number of pyridine rings is 1. The van der Waals surface area contributed by atoms with Gasteiger partial charge in [0.05, 0.1) is 6.54 Å². The molecular weight excluding hydrogens is 214 g/mol. The summed E-state index contributed by atoms with van der Waals surface area (Å²) >= 11 is 0. The molecule has 0 aliphatic rings. The maximum absolute atomic E-state index is 11.8. The molecule has 4 nitrogen and oxygen atoms in total. The Balaban J connectivity index is 2.43. The van der Waals surface area contributed by atoms with Gasteiger partial charge in [0.15, 0.2) is 0 Å². The Morgan fingerprint density at radius 1 is 1.35 bits per heavy atom. The molecule has 0 bridgehead atoms. The highest BCUT2D eigenvalue weighted by molar-refractivity contribution is 5.78. The highest BCUT2D eigenvalue weighted by atomic mass is 16.2. The zero-order valence-electron chi connectivity index (χ0n) is 10.8. The molecule has 0 aliphatic carbocycles. The normalized spacial score (nSPS) is 12.2. The molecule has 1 rings (SSSR count). The molecule has 1 N–H and O–H groups in total. The number of nitrogens with zero attached hydrogens (tertiary/aromatic N) is 2. The van der Waals surface area contributed by atoms with Gasteiger partial charge in [-0.2, -0.15) is 0 Å². The number of amides is 1. The lowest BCUT2D eigenvalue weighted by atomic mass is 10.1. The number of rotatable bonds is 6. The maximum atomic E-state index is 11.8. The summed E-state index contributed by atoms with van der Waals surface area (Å²) in [5.41, 5.74) is 1.15. The van der Waals surface area contributed by atoms with Crippen LogP contribution >= 0.6 is 0 Å². The second-order valence-electron chi connectivity index (χ2n) is 3.95. The number of likely N-dealkylation sites (N-methyl/N-ethyl adjacent to an activating group) is 1. The van der Waals surface area contributed by atoms with Crippen LogP contribution in [0, 0.1) is 0 Å². The van der Waals surface area contributed by atoms with Gasteiger partial charge in [-0.15, -0.1) is 0 Å². The van der Waals surface area contributed by atoms with Crippen LogP contribution in [0.4, 0.5) is 0 Å². The Hall–Kier alpha value is -1.42. The minimum atomic E-state index is 0.149. The van der Waals surface area contributed by atoms with Crippen LogP contribution in [0.2, 0.25) is 0 Å². The Morgan fingerprint density at radius 3 is 2.47 bits per heavy atom. The van der Waals surface area contributed by atoms with Crippen LogP contribution in [-0.4, -0.2) is 35.4 Å². The summed E-state index contributed by atoms with van der Waals surface area (Å²) < 4.78 is 0. The molecule has 0 aliphatic heterocycles. The third kappa shape index (κ3) is 4.15. The molecule has 0 fully saturated rings. The first kappa shape index (κ1) is 13.6. The summed E-state index contributed by atoms with van der Waals surface area (Å²) in [6.45, 7) is 7.94. The Bertz CT molecular complexity index is 336.